The van der Waals surface area contributed by atoms with Crippen molar-refractivity contribution < 1.29 is 4.79 Å². The highest BCUT2D eigenvalue weighted by atomic mass is 32.1. The van der Waals surface area contributed by atoms with Crippen molar-refractivity contribution in [1.82, 2.24) is 19.7 Å². The molecule has 22 heavy (non-hydrogen) atoms. The van der Waals surface area contributed by atoms with Crippen molar-refractivity contribution in [2.45, 2.75) is 13.8 Å². The Balaban J connectivity index is 1.99. The number of hydrogen-bond acceptors (Lipinski definition) is 5. The summed E-state index contributed by atoms with van der Waals surface area (Å²) in [5, 5.41) is 8.88. The number of anilines is 1. The summed E-state index contributed by atoms with van der Waals surface area (Å²) < 4.78 is 1.41. The molecule has 112 valence electrons. The van der Waals surface area contributed by atoms with Gasteiger partial charge in [0.05, 0.1) is 10.6 Å². The molecule has 0 atom stereocenters. The van der Waals surface area contributed by atoms with Gasteiger partial charge in [0.1, 0.15) is 5.82 Å². The fourth-order valence-electron chi connectivity index (χ4n) is 2.00. The Morgan fingerprint density at radius 2 is 2.14 bits per heavy atom. The van der Waals surface area contributed by atoms with E-state index >= 15 is 0 Å². The molecule has 3 aromatic heterocycles. The maximum absolute atomic E-state index is 12.2. The molecule has 1 amide bonds. The van der Waals surface area contributed by atoms with Crippen LogP contribution in [-0.2, 0) is 0 Å². The number of aromatic amines is 1. The van der Waals surface area contributed by atoms with Crippen LogP contribution in [0.3, 0.4) is 0 Å². The molecule has 7 nitrogen and oxygen atoms in total. The fourth-order valence-corrected chi connectivity index (χ4v) is 2.62. The van der Waals surface area contributed by atoms with Crippen LogP contribution in [0.15, 0.2) is 34.4 Å². The van der Waals surface area contributed by atoms with Gasteiger partial charge in [0, 0.05) is 17.8 Å². The zero-order valence-corrected chi connectivity index (χ0v) is 12.8. The van der Waals surface area contributed by atoms with Crippen LogP contribution >= 0.6 is 11.3 Å². The van der Waals surface area contributed by atoms with Gasteiger partial charge in [-0.1, -0.05) is 6.07 Å². The fraction of sp³-hybridized carbons (Fsp3) is 0.143. The molecule has 0 unspecified atom stereocenters. The molecule has 0 aliphatic carbocycles. The second-order valence-electron chi connectivity index (χ2n) is 4.72. The van der Waals surface area contributed by atoms with E-state index in [1.807, 2.05) is 11.4 Å². The van der Waals surface area contributed by atoms with Gasteiger partial charge in [-0.25, -0.2) is 4.98 Å². The van der Waals surface area contributed by atoms with Gasteiger partial charge in [-0.05, 0) is 25.3 Å². The van der Waals surface area contributed by atoms with Gasteiger partial charge in [0.2, 0.25) is 5.95 Å². The highest BCUT2D eigenvalue weighted by Gasteiger charge is 2.14. The first-order valence-electron chi connectivity index (χ1n) is 6.53. The Hall–Kier alpha value is -2.74. The number of aryl methyl sites for hydroxylation is 2. The summed E-state index contributed by atoms with van der Waals surface area (Å²) in [6, 6.07) is 6.65. The molecule has 0 saturated carbocycles. The standard InChI is InChI=1S/C14H13N5O2S/c1-8-7-12(20)17-14(15-8)19-11(6-9(2)18-19)16-13(21)10-4-3-5-22-10/h3-7H,1-2H3,(H,16,21)(H,15,17,20). The van der Waals surface area contributed by atoms with Crippen LogP contribution < -0.4 is 10.9 Å². The molecule has 3 rings (SSSR count). The van der Waals surface area contributed by atoms with E-state index in [0.717, 1.165) is 0 Å². The quantitative estimate of drug-likeness (QED) is 0.772. The van der Waals surface area contributed by atoms with Crippen LogP contribution in [0.4, 0.5) is 5.82 Å². The minimum absolute atomic E-state index is 0.230. The number of carbonyl (C=O) groups is 1. The average Bonchev–Trinajstić information content (AvgIpc) is 3.07. The number of amides is 1. The minimum Gasteiger partial charge on any atom is -0.306 e. The first-order valence-corrected chi connectivity index (χ1v) is 7.41. The van der Waals surface area contributed by atoms with E-state index in [-0.39, 0.29) is 17.4 Å². The van der Waals surface area contributed by atoms with Gasteiger partial charge in [0.15, 0.2) is 0 Å². The van der Waals surface area contributed by atoms with Crippen molar-refractivity contribution in [3.8, 4) is 5.95 Å². The number of hydrogen-bond donors (Lipinski definition) is 2. The Morgan fingerprint density at radius 1 is 1.32 bits per heavy atom. The molecule has 0 aliphatic rings. The Morgan fingerprint density at radius 3 is 2.82 bits per heavy atom. The second kappa shape index (κ2) is 5.57. The van der Waals surface area contributed by atoms with Crippen molar-refractivity contribution in [3.63, 3.8) is 0 Å². The molecule has 3 heterocycles. The maximum Gasteiger partial charge on any atom is 0.266 e. The first kappa shape index (κ1) is 14.2. The lowest BCUT2D eigenvalue weighted by molar-refractivity contribution is 0.103. The average molecular weight is 315 g/mol. The van der Waals surface area contributed by atoms with E-state index in [4.69, 9.17) is 0 Å². The maximum atomic E-state index is 12.2. The summed E-state index contributed by atoms with van der Waals surface area (Å²) in [6.07, 6.45) is 0. The monoisotopic (exact) mass is 315 g/mol. The van der Waals surface area contributed by atoms with Crippen LogP contribution in [0, 0.1) is 13.8 Å². The molecular weight excluding hydrogens is 302 g/mol. The summed E-state index contributed by atoms with van der Waals surface area (Å²) in [7, 11) is 0. The molecule has 0 fully saturated rings. The van der Waals surface area contributed by atoms with Gasteiger partial charge in [-0.15, -0.1) is 11.3 Å². The smallest absolute Gasteiger partial charge is 0.266 e. The van der Waals surface area contributed by atoms with Crippen LogP contribution in [-0.4, -0.2) is 25.7 Å². The number of rotatable bonds is 3. The molecule has 0 aliphatic heterocycles. The Bertz CT molecular complexity index is 879. The van der Waals surface area contributed by atoms with Gasteiger partial charge in [-0.3, -0.25) is 14.6 Å². The van der Waals surface area contributed by atoms with Crippen LogP contribution in [0.25, 0.3) is 5.95 Å². The van der Waals surface area contributed by atoms with Crippen molar-refractivity contribution in [2.24, 2.45) is 0 Å². The van der Waals surface area contributed by atoms with Gasteiger partial charge in [-0.2, -0.15) is 9.78 Å². The number of thiophene rings is 1. The molecule has 0 bridgehead atoms. The third-order valence-electron chi connectivity index (χ3n) is 2.88. The molecule has 2 N–H and O–H groups in total. The zero-order valence-electron chi connectivity index (χ0n) is 12.0. The van der Waals surface area contributed by atoms with Crippen molar-refractivity contribution in [1.29, 1.82) is 0 Å². The van der Waals surface area contributed by atoms with E-state index in [2.05, 4.69) is 20.4 Å². The van der Waals surface area contributed by atoms with Crippen molar-refractivity contribution >= 4 is 23.1 Å². The van der Waals surface area contributed by atoms with Gasteiger partial charge < -0.3 is 5.32 Å². The topological polar surface area (TPSA) is 92.7 Å². The second-order valence-corrected chi connectivity index (χ2v) is 5.67. The lowest BCUT2D eigenvalue weighted by Crippen LogP contribution is -2.18. The number of H-pyrrole nitrogens is 1. The number of aromatic nitrogens is 4. The Kier molecular flexibility index (Phi) is 3.60. The van der Waals surface area contributed by atoms with E-state index in [1.54, 1.807) is 26.0 Å². The molecule has 8 heteroatoms. The van der Waals surface area contributed by atoms with Gasteiger partial charge >= 0.3 is 0 Å². The summed E-state index contributed by atoms with van der Waals surface area (Å²) in [5.41, 5.74) is 0.999. The van der Waals surface area contributed by atoms with E-state index in [0.29, 0.717) is 22.1 Å². The third kappa shape index (κ3) is 2.82. The highest BCUT2D eigenvalue weighted by Crippen LogP contribution is 2.16. The van der Waals surface area contributed by atoms with Crippen LogP contribution in [0.5, 0.6) is 0 Å². The lowest BCUT2D eigenvalue weighted by atomic mass is 10.4. The zero-order chi connectivity index (χ0) is 15.7. The lowest BCUT2D eigenvalue weighted by Gasteiger charge is -2.07. The minimum atomic E-state index is -0.272. The predicted molar refractivity (Wildman–Crippen MR) is 83.7 cm³/mol. The summed E-state index contributed by atoms with van der Waals surface area (Å²) in [5.74, 6) is 0.482. The third-order valence-corrected chi connectivity index (χ3v) is 3.74. The number of nitrogens with zero attached hydrogens (tertiary/aromatic N) is 3. The van der Waals surface area contributed by atoms with Crippen molar-refractivity contribution in [3.05, 3.63) is 56.3 Å². The van der Waals surface area contributed by atoms with Crippen LogP contribution in [0.2, 0.25) is 0 Å². The van der Waals surface area contributed by atoms with E-state index in [1.165, 1.54) is 22.1 Å². The van der Waals surface area contributed by atoms with E-state index < -0.39 is 0 Å². The molecule has 3 aromatic rings. The largest absolute Gasteiger partial charge is 0.306 e. The van der Waals surface area contributed by atoms with Crippen LogP contribution in [0.1, 0.15) is 21.1 Å². The molecular formula is C14H13N5O2S. The predicted octanol–water partition coefficient (Wildman–Crippen LogP) is 1.89. The summed E-state index contributed by atoms with van der Waals surface area (Å²) in [6.45, 7) is 3.52. The SMILES string of the molecule is Cc1cc(=O)[nH]c(-n2nc(C)cc2NC(=O)c2cccs2)n1. The number of carbonyl (C=O) groups excluding carboxylic acids is 1. The molecule has 0 radical (unpaired) electrons. The molecule has 0 saturated heterocycles. The highest BCUT2D eigenvalue weighted by molar-refractivity contribution is 7.12. The summed E-state index contributed by atoms with van der Waals surface area (Å²) >= 11 is 1.35. The normalized spacial score (nSPS) is 10.6. The first-order chi connectivity index (χ1) is 10.5. The van der Waals surface area contributed by atoms with Crippen molar-refractivity contribution in [2.75, 3.05) is 5.32 Å². The van der Waals surface area contributed by atoms with E-state index in [9.17, 15) is 9.59 Å². The van der Waals surface area contributed by atoms with Gasteiger partial charge in [0.25, 0.3) is 11.5 Å². The molecule has 0 spiro atoms. The molecule has 0 aromatic carbocycles. The number of nitrogens with one attached hydrogen (secondary N) is 2. The summed E-state index contributed by atoms with van der Waals surface area (Å²) in [4.78, 5) is 31.2. The Labute approximate surface area is 129 Å².